The van der Waals surface area contributed by atoms with Crippen molar-refractivity contribution in [3.63, 3.8) is 0 Å². The molecule has 35 heavy (non-hydrogen) atoms. The molecule has 1 N–H and O–H groups in total. The Morgan fingerprint density at radius 3 is 2.60 bits per heavy atom. The van der Waals surface area contributed by atoms with Crippen LogP contribution in [0.15, 0.2) is 48.5 Å². The van der Waals surface area contributed by atoms with Gasteiger partial charge in [0.15, 0.2) is 11.6 Å². The maximum Gasteiger partial charge on any atom is 0.327 e. The monoisotopic (exact) mass is 475 g/mol. The number of ether oxygens (including phenoxy) is 1. The Bertz CT molecular complexity index is 1260. The maximum atomic E-state index is 13.7. The van der Waals surface area contributed by atoms with Crippen molar-refractivity contribution in [2.75, 3.05) is 34.8 Å². The lowest BCUT2D eigenvalue weighted by atomic mass is 10.1. The Morgan fingerprint density at radius 1 is 1.11 bits per heavy atom. The zero-order chi connectivity index (χ0) is 24.7. The number of amides is 2. The number of nitrogens with one attached hydrogen (secondary N) is 1. The number of aromatic nitrogens is 2. The Kier molecular flexibility index (Phi) is 5.83. The van der Waals surface area contributed by atoms with Gasteiger partial charge in [0.25, 0.3) is 0 Å². The van der Waals surface area contributed by atoms with Gasteiger partial charge in [0.05, 0.1) is 12.2 Å². The fourth-order valence-electron chi connectivity index (χ4n) is 4.73. The molecule has 2 aliphatic heterocycles. The van der Waals surface area contributed by atoms with Gasteiger partial charge in [-0.25, -0.2) is 14.2 Å². The van der Waals surface area contributed by atoms with E-state index in [0.29, 0.717) is 43.3 Å². The summed E-state index contributed by atoms with van der Waals surface area (Å²) in [5, 5.41) is 2.99. The topological polar surface area (TPSA) is 70.6 Å². The van der Waals surface area contributed by atoms with E-state index < -0.39 is 11.8 Å². The van der Waals surface area contributed by atoms with Crippen molar-refractivity contribution in [2.24, 2.45) is 0 Å². The van der Waals surface area contributed by atoms with E-state index in [1.54, 1.807) is 4.90 Å². The molecule has 0 radical (unpaired) electrons. The molecule has 2 amide bonds. The first-order valence-electron chi connectivity index (χ1n) is 11.9. The number of rotatable bonds is 3. The highest BCUT2D eigenvalue weighted by Gasteiger charge is 2.36. The number of carbonyl (C=O) groups excluding carboxylic acids is 1. The van der Waals surface area contributed by atoms with Crippen molar-refractivity contribution in [3.8, 4) is 17.0 Å². The molecule has 1 atom stereocenters. The van der Waals surface area contributed by atoms with Gasteiger partial charge in [0, 0.05) is 41.4 Å². The molecule has 4 heterocycles. The van der Waals surface area contributed by atoms with Gasteiger partial charge in [-0.2, -0.15) is 0 Å². The number of fused-ring (bicyclic) bond motifs is 1. The van der Waals surface area contributed by atoms with Crippen LogP contribution in [0, 0.1) is 13.8 Å². The molecule has 2 aliphatic rings. The highest BCUT2D eigenvalue weighted by Crippen LogP contribution is 2.38. The normalized spacial score (nSPS) is 18.7. The molecule has 0 aliphatic carbocycles. The first kappa shape index (κ1) is 23.1. The van der Waals surface area contributed by atoms with Gasteiger partial charge in [0.2, 0.25) is 0 Å². The van der Waals surface area contributed by atoms with E-state index in [0.717, 1.165) is 28.3 Å². The second kappa shape index (κ2) is 8.83. The number of hydrogen-bond donors (Lipinski definition) is 1. The number of urea groups is 1. The van der Waals surface area contributed by atoms with Crippen LogP contribution >= 0.6 is 0 Å². The van der Waals surface area contributed by atoms with E-state index in [1.807, 2.05) is 76.2 Å². The first-order valence-corrected chi connectivity index (χ1v) is 11.9. The highest BCUT2D eigenvalue weighted by molar-refractivity contribution is 6.02. The predicted molar refractivity (Wildman–Crippen MR) is 136 cm³/mol. The Labute approximate surface area is 204 Å². The van der Waals surface area contributed by atoms with Gasteiger partial charge in [0.1, 0.15) is 11.8 Å². The number of aryl methyl sites for hydroxylation is 2. The van der Waals surface area contributed by atoms with Crippen LogP contribution in [0.3, 0.4) is 0 Å². The third-order valence-electron chi connectivity index (χ3n) is 6.24. The third-order valence-corrected chi connectivity index (χ3v) is 6.24. The van der Waals surface area contributed by atoms with E-state index >= 15 is 0 Å². The van der Waals surface area contributed by atoms with Crippen LogP contribution in [0.25, 0.3) is 11.3 Å². The molecule has 2 aromatic heterocycles. The molecule has 3 aromatic rings. The summed E-state index contributed by atoms with van der Waals surface area (Å²) in [6.45, 7) is 9.14. The lowest BCUT2D eigenvalue weighted by molar-refractivity contribution is 0.106. The minimum atomic E-state index is -0.791. The molecule has 182 valence electrons. The molecule has 8 heteroatoms. The quantitative estimate of drug-likeness (QED) is 0.540. The minimum absolute atomic E-state index is 0.280. The van der Waals surface area contributed by atoms with Crippen molar-refractivity contribution in [3.05, 3.63) is 59.9 Å². The Balaban J connectivity index is 1.47. The van der Waals surface area contributed by atoms with E-state index in [-0.39, 0.29) is 6.03 Å². The number of alkyl halides is 1. The van der Waals surface area contributed by atoms with Crippen LogP contribution in [-0.2, 0) is 0 Å². The summed E-state index contributed by atoms with van der Waals surface area (Å²) in [6, 6.07) is 15.1. The zero-order valence-electron chi connectivity index (χ0n) is 20.5. The van der Waals surface area contributed by atoms with E-state index in [2.05, 4.69) is 15.2 Å². The zero-order valence-corrected chi connectivity index (χ0v) is 20.5. The molecule has 7 nitrogen and oxygen atoms in total. The molecule has 0 saturated carbocycles. The third kappa shape index (κ3) is 4.92. The van der Waals surface area contributed by atoms with Crippen LogP contribution in [0.2, 0.25) is 0 Å². The number of hydrogen-bond acceptors (Lipinski definition) is 5. The largest absolute Gasteiger partial charge is 0.482 e. The van der Waals surface area contributed by atoms with Crippen LogP contribution < -0.4 is 19.9 Å². The number of anilines is 3. The SMILES string of the molecule is Cc1cc(NC(=O)N2CC(C)(C)Oc3ccc(-c4cccc(N5CCC(F)C5)c4)nc32)cc(C)n1. The fraction of sp³-hybridized carbons (Fsp3) is 0.370. The van der Waals surface area contributed by atoms with Gasteiger partial charge in [-0.3, -0.25) is 9.88 Å². The second-order valence-electron chi connectivity index (χ2n) is 9.92. The summed E-state index contributed by atoms with van der Waals surface area (Å²) >= 11 is 0. The van der Waals surface area contributed by atoms with Gasteiger partial charge >= 0.3 is 6.03 Å². The molecular weight excluding hydrogens is 445 g/mol. The molecular formula is C27H30FN5O2. The number of carbonyl (C=O) groups is 1. The summed E-state index contributed by atoms with van der Waals surface area (Å²) in [7, 11) is 0. The minimum Gasteiger partial charge on any atom is -0.482 e. The summed E-state index contributed by atoms with van der Waals surface area (Å²) in [4.78, 5) is 26.3. The van der Waals surface area contributed by atoms with Gasteiger partial charge in [-0.15, -0.1) is 0 Å². The van der Waals surface area contributed by atoms with Crippen LogP contribution in [0.4, 0.5) is 26.4 Å². The first-order chi connectivity index (χ1) is 16.7. The number of pyridine rings is 2. The average molecular weight is 476 g/mol. The van der Waals surface area contributed by atoms with Gasteiger partial charge in [-0.1, -0.05) is 12.1 Å². The molecule has 1 unspecified atom stereocenters. The van der Waals surface area contributed by atoms with Gasteiger partial charge < -0.3 is 15.0 Å². The number of nitrogens with zero attached hydrogens (tertiary/aromatic N) is 4. The smallest absolute Gasteiger partial charge is 0.327 e. The molecule has 1 fully saturated rings. The second-order valence-corrected chi connectivity index (χ2v) is 9.92. The van der Waals surface area contributed by atoms with Crippen LogP contribution in [0.1, 0.15) is 31.7 Å². The van der Waals surface area contributed by atoms with Crippen LogP contribution in [0.5, 0.6) is 5.75 Å². The van der Waals surface area contributed by atoms with Crippen molar-refractivity contribution < 1.29 is 13.9 Å². The predicted octanol–water partition coefficient (Wildman–Crippen LogP) is 5.52. The van der Waals surface area contributed by atoms with Crippen LogP contribution in [-0.4, -0.2) is 47.4 Å². The van der Waals surface area contributed by atoms with Crippen molar-refractivity contribution >= 4 is 23.2 Å². The Morgan fingerprint density at radius 2 is 1.89 bits per heavy atom. The summed E-state index contributed by atoms with van der Waals surface area (Å²) < 4.78 is 19.9. The van der Waals surface area contributed by atoms with Crippen molar-refractivity contribution in [1.29, 1.82) is 0 Å². The lowest BCUT2D eigenvalue weighted by Crippen LogP contribution is -2.51. The standard InChI is InChI=1S/C27H30FN5O2/c1-17-12-21(13-18(2)29-17)30-26(34)33-16-27(3,4)35-24-9-8-23(31-25(24)33)19-6-5-7-22(14-19)32-11-10-20(28)15-32/h5-9,12-14,20H,10-11,15-16H2,1-4H3,(H,29,30,34). The lowest BCUT2D eigenvalue weighted by Gasteiger charge is -2.38. The molecule has 0 bridgehead atoms. The molecule has 5 rings (SSSR count). The maximum absolute atomic E-state index is 13.7. The summed E-state index contributed by atoms with van der Waals surface area (Å²) in [5.74, 6) is 1.02. The summed E-state index contributed by atoms with van der Waals surface area (Å²) in [5.41, 5.74) is 4.37. The fourth-order valence-corrected chi connectivity index (χ4v) is 4.73. The molecule has 1 saturated heterocycles. The van der Waals surface area contributed by atoms with E-state index in [4.69, 9.17) is 9.72 Å². The highest BCUT2D eigenvalue weighted by atomic mass is 19.1. The van der Waals surface area contributed by atoms with Crippen molar-refractivity contribution in [1.82, 2.24) is 9.97 Å². The average Bonchev–Trinajstić information content (AvgIpc) is 3.23. The van der Waals surface area contributed by atoms with E-state index in [1.165, 1.54) is 0 Å². The van der Waals surface area contributed by atoms with E-state index in [9.17, 15) is 9.18 Å². The summed E-state index contributed by atoms with van der Waals surface area (Å²) in [6.07, 6.45) is -0.240. The number of benzene rings is 1. The molecule has 1 aromatic carbocycles. The van der Waals surface area contributed by atoms with Gasteiger partial charge in [-0.05, 0) is 70.5 Å². The van der Waals surface area contributed by atoms with Crippen molar-refractivity contribution in [2.45, 2.75) is 45.9 Å². The number of halogens is 1. The molecule has 0 spiro atoms. The Hall–Kier alpha value is -3.68.